The van der Waals surface area contributed by atoms with E-state index in [1.807, 2.05) is 0 Å². The summed E-state index contributed by atoms with van der Waals surface area (Å²) < 4.78 is 19.2. The number of hydrogen-bond donors (Lipinski definition) is 1. The average Bonchev–Trinajstić information content (AvgIpc) is 2.25. The van der Waals surface area contributed by atoms with E-state index in [9.17, 15) is 4.39 Å². The van der Waals surface area contributed by atoms with Crippen molar-refractivity contribution in [2.75, 3.05) is 5.73 Å². The fourth-order valence-electron chi connectivity index (χ4n) is 1.08. The molecule has 0 spiro atoms. The van der Waals surface area contributed by atoms with Gasteiger partial charge in [-0.15, -0.1) is 0 Å². The quantitative estimate of drug-likeness (QED) is 0.861. The number of anilines is 1. The van der Waals surface area contributed by atoms with Gasteiger partial charge in [-0.3, -0.25) is 0 Å². The fourth-order valence-corrected chi connectivity index (χ4v) is 1.38. The Balaban J connectivity index is 2.31. The number of aromatic nitrogens is 2. The molecule has 4 nitrogen and oxygen atoms in total. The first-order valence-corrected chi connectivity index (χ1v) is 5.14. The van der Waals surface area contributed by atoms with Crippen LogP contribution in [0.2, 0.25) is 0 Å². The summed E-state index contributed by atoms with van der Waals surface area (Å²) in [5.74, 6) is -0.224. The molecular weight excluding hydrogens is 277 g/mol. The molecule has 0 saturated carbocycles. The van der Waals surface area contributed by atoms with E-state index in [1.165, 1.54) is 24.7 Å². The predicted molar refractivity (Wildman–Crippen MR) is 60.6 cm³/mol. The maximum Gasteiger partial charge on any atom is 0.236 e. The zero-order valence-corrected chi connectivity index (χ0v) is 9.61. The zero-order valence-electron chi connectivity index (χ0n) is 8.02. The highest BCUT2D eigenvalue weighted by molar-refractivity contribution is 9.10. The van der Waals surface area contributed by atoms with Crippen molar-refractivity contribution in [3.8, 4) is 11.6 Å². The molecule has 6 heteroatoms. The van der Waals surface area contributed by atoms with Crippen molar-refractivity contribution in [2.24, 2.45) is 0 Å². The van der Waals surface area contributed by atoms with Crippen LogP contribution in [-0.4, -0.2) is 9.97 Å². The molecule has 0 aliphatic heterocycles. The molecule has 2 rings (SSSR count). The predicted octanol–water partition coefficient (Wildman–Crippen LogP) is 2.75. The minimum atomic E-state index is -0.537. The highest BCUT2D eigenvalue weighted by Gasteiger charge is 2.08. The summed E-state index contributed by atoms with van der Waals surface area (Å²) in [6.07, 6.45) is 2.83. The SMILES string of the molecule is Nc1ccc(Oc2ncncc2Br)c(F)c1. The van der Waals surface area contributed by atoms with Gasteiger partial charge in [0, 0.05) is 18.0 Å². The van der Waals surface area contributed by atoms with E-state index in [-0.39, 0.29) is 11.6 Å². The van der Waals surface area contributed by atoms with Gasteiger partial charge in [0.15, 0.2) is 11.6 Å². The Labute approximate surface area is 99.4 Å². The molecule has 0 bridgehead atoms. The molecule has 16 heavy (non-hydrogen) atoms. The molecule has 0 atom stereocenters. The lowest BCUT2D eigenvalue weighted by Gasteiger charge is -2.06. The monoisotopic (exact) mass is 283 g/mol. The first-order chi connectivity index (χ1) is 7.66. The van der Waals surface area contributed by atoms with Gasteiger partial charge in [0.25, 0.3) is 0 Å². The average molecular weight is 284 g/mol. The van der Waals surface area contributed by atoms with Crippen molar-refractivity contribution in [2.45, 2.75) is 0 Å². The first-order valence-electron chi connectivity index (χ1n) is 4.35. The molecule has 0 amide bonds. The molecular formula is C10H7BrFN3O. The minimum absolute atomic E-state index is 0.0635. The van der Waals surface area contributed by atoms with Crippen LogP contribution in [0, 0.1) is 5.82 Å². The molecule has 82 valence electrons. The second kappa shape index (κ2) is 4.44. The molecule has 2 aromatic rings. The van der Waals surface area contributed by atoms with E-state index in [1.54, 1.807) is 6.07 Å². The lowest BCUT2D eigenvalue weighted by Crippen LogP contribution is -1.94. The van der Waals surface area contributed by atoms with Crippen LogP contribution in [0.1, 0.15) is 0 Å². The number of nitrogen functional groups attached to an aromatic ring is 1. The van der Waals surface area contributed by atoms with E-state index in [4.69, 9.17) is 10.5 Å². The van der Waals surface area contributed by atoms with E-state index >= 15 is 0 Å². The number of nitrogens with two attached hydrogens (primary N) is 1. The fraction of sp³-hybridized carbons (Fsp3) is 0. The molecule has 1 heterocycles. The molecule has 2 N–H and O–H groups in total. The van der Waals surface area contributed by atoms with Crippen molar-refractivity contribution in [3.63, 3.8) is 0 Å². The highest BCUT2D eigenvalue weighted by Crippen LogP contribution is 2.28. The smallest absolute Gasteiger partial charge is 0.236 e. The van der Waals surface area contributed by atoms with Crippen LogP contribution in [-0.2, 0) is 0 Å². The van der Waals surface area contributed by atoms with Crippen molar-refractivity contribution in [1.82, 2.24) is 9.97 Å². The largest absolute Gasteiger partial charge is 0.435 e. The van der Waals surface area contributed by atoms with E-state index in [0.717, 1.165) is 0 Å². The Morgan fingerprint density at radius 2 is 2.19 bits per heavy atom. The Morgan fingerprint density at radius 3 is 2.88 bits per heavy atom. The van der Waals surface area contributed by atoms with Crippen LogP contribution in [0.5, 0.6) is 11.6 Å². The van der Waals surface area contributed by atoms with Gasteiger partial charge in [-0.25, -0.2) is 14.4 Å². The summed E-state index contributed by atoms with van der Waals surface area (Å²) in [4.78, 5) is 7.63. The number of halogens is 2. The maximum absolute atomic E-state index is 13.4. The maximum atomic E-state index is 13.4. The summed E-state index contributed by atoms with van der Waals surface area (Å²) in [6, 6.07) is 4.18. The number of nitrogens with zero attached hydrogens (tertiary/aromatic N) is 2. The van der Waals surface area contributed by atoms with E-state index in [2.05, 4.69) is 25.9 Å². The first kappa shape index (κ1) is 10.8. The number of ether oxygens (including phenoxy) is 1. The molecule has 1 aromatic heterocycles. The van der Waals surface area contributed by atoms with Crippen molar-refractivity contribution < 1.29 is 9.13 Å². The third kappa shape index (κ3) is 2.27. The molecule has 0 aliphatic carbocycles. The van der Waals surface area contributed by atoms with Crippen LogP contribution in [0.15, 0.2) is 35.2 Å². The van der Waals surface area contributed by atoms with Crippen molar-refractivity contribution in [1.29, 1.82) is 0 Å². The second-order valence-corrected chi connectivity index (χ2v) is 3.82. The lowest BCUT2D eigenvalue weighted by molar-refractivity contribution is 0.424. The van der Waals surface area contributed by atoms with Gasteiger partial charge in [0.1, 0.15) is 6.33 Å². The Hall–Kier alpha value is -1.69. The number of rotatable bonds is 2. The van der Waals surface area contributed by atoms with Gasteiger partial charge in [0.05, 0.1) is 4.47 Å². The lowest BCUT2D eigenvalue weighted by atomic mass is 10.3. The third-order valence-corrected chi connectivity index (χ3v) is 2.34. The summed E-state index contributed by atoms with van der Waals surface area (Å²) in [7, 11) is 0. The van der Waals surface area contributed by atoms with Gasteiger partial charge in [-0.1, -0.05) is 0 Å². The van der Waals surface area contributed by atoms with Crippen LogP contribution < -0.4 is 10.5 Å². The summed E-state index contributed by atoms with van der Waals surface area (Å²) in [6.45, 7) is 0. The summed E-state index contributed by atoms with van der Waals surface area (Å²) in [5.41, 5.74) is 5.76. The Bertz CT molecular complexity index is 521. The molecule has 0 unspecified atom stereocenters. The Morgan fingerprint density at radius 1 is 1.38 bits per heavy atom. The molecule has 0 radical (unpaired) electrons. The van der Waals surface area contributed by atoms with Crippen LogP contribution in [0.4, 0.5) is 10.1 Å². The van der Waals surface area contributed by atoms with Gasteiger partial charge < -0.3 is 10.5 Å². The number of benzene rings is 1. The van der Waals surface area contributed by atoms with Gasteiger partial charge in [0.2, 0.25) is 5.88 Å². The van der Waals surface area contributed by atoms with Gasteiger partial charge in [-0.2, -0.15) is 0 Å². The molecule has 1 aromatic carbocycles. The van der Waals surface area contributed by atoms with Crippen LogP contribution >= 0.6 is 15.9 Å². The summed E-state index contributed by atoms with van der Waals surface area (Å²) in [5, 5.41) is 0. The molecule has 0 saturated heterocycles. The van der Waals surface area contributed by atoms with E-state index in [0.29, 0.717) is 10.2 Å². The highest BCUT2D eigenvalue weighted by atomic mass is 79.9. The topological polar surface area (TPSA) is 61.0 Å². The van der Waals surface area contributed by atoms with Crippen molar-refractivity contribution >= 4 is 21.6 Å². The normalized spacial score (nSPS) is 10.1. The summed E-state index contributed by atoms with van der Waals surface area (Å²) >= 11 is 3.20. The second-order valence-electron chi connectivity index (χ2n) is 2.97. The number of hydrogen-bond acceptors (Lipinski definition) is 4. The van der Waals surface area contributed by atoms with E-state index < -0.39 is 5.82 Å². The molecule has 0 aliphatic rings. The van der Waals surface area contributed by atoms with Crippen LogP contribution in [0.25, 0.3) is 0 Å². The van der Waals surface area contributed by atoms with Crippen molar-refractivity contribution in [3.05, 3.63) is 41.0 Å². The Kier molecular flexibility index (Phi) is 3.00. The standard InChI is InChI=1S/C10H7BrFN3O/c11-7-4-14-5-15-10(7)16-9-2-1-6(13)3-8(9)12/h1-5H,13H2. The van der Waals surface area contributed by atoms with Gasteiger partial charge in [-0.05, 0) is 28.1 Å². The molecule has 0 fully saturated rings. The third-order valence-electron chi connectivity index (χ3n) is 1.80. The van der Waals surface area contributed by atoms with Gasteiger partial charge >= 0.3 is 0 Å². The zero-order chi connectivity index (χ0) is 11.5. The minimum Gasteiger partial charge on any atom is -0.435 e. The van der Waals surface area contributed by atoms with Crippen LogP contribution in [0.3, 0.4) is 0 Å².